The number of carbonyl (C=O) groups is 1. The van der Waals surface area contributed by atoms with Crippen molar-refractivity contribution in [2.24, 2.45) is 0 Å². The Balaban J connectivity index is 0.00000112. The topological polar surface area (TPSA) is 54.0 Å². The Hall–Kier alpha value is -0.360. The van der Waals surface area contributed by atoms with E-state index in [0.29, 0.717) is 5.69 Å². The van der Waals surface area contributed by atoms with E-state index in [1.54, 1.807) is 10.9 Å². The Morgan fingerprint density at radius 3 is 2.94 bits per heavy atom. The molecule has 2 N–H and O–H groups in total. The Kier molecular flexibility index (Phi) is 7.66. The van der Waals surface area contributed by atoms with Crippen LogP contribution in [0.4, 0.5) is 0 Å². The van der Waals surface area contributed by atoms with Gasteiger partial charge in [-0.05, 0) is 19.4 Å². The summed E-state index contributed by atoms with van der Waals surface area (Å²) in [5, 5.41) is 7.99. The van der Waals surface area contributed by atoms with Gasteiger partial charge in [-0.2, -0.15) is 0 Å². The molecule has 2 heterocycles. The Morgan fingerprint density at radius 1 is 1.56 bits per heavy atom. The summed E-state index contributed by atoms with van der Waals surface area (Å²) in [5.74, 6) is -0.0556. The highest BCUT2D eigenvalue weighted by Gasteiger charge is 2.16. The summed E-state index contributed by atoms with van der Waals surface area (Å²) < 4.78 is 0. The highest BCUT2D eigenvalue weighted by Crippen LogP contribution is 2.04. The first kappa shape index (κ1) is 15.6. The Morgan fingerprint density at radius 2 is 2.38 bits per heavy atom. The first-order valence-corrected chi connectivity index (χ1v) is 5.70. The molecule has 92 valence electrons. The third kappa shape index (κ3) is 4.25. The van der Waals surface area contributed by atoms with Crippen molar-refractivity contribution in [2.75, 3.05) is 13.1 Å². The lowest BCUT2D eigenvalue weighted by Gasteiger charge is -2.23. The van der Waals surface area contributed by atoms with Gasteiger partial charge in [-0.1, -0.05) is 0 Å². The van der Waals surface area contributed by atoms with Gasteiger partial charge < -0.3 is 10.6 Å². The van der Waals surface area contributed by atoms with Crippen LogP contribution in [0.3, 0.4) is 0 Å². The summed E-state index contributed by atoms with van der Waals surface area (Å²) in [4.78, 5) is 15.5. The molecule has 1 aliphatic heterocycles. The molecular formula is C9H15Cl2N3OS. The number of amides is 1. The zero-order valence-electron chi connectivity index (χ0n) is 8.64. The van der Waals surface area contributed by atoms with E-state index in [9.17, 15) is 4.79 Å². The van der Waals surface area contributed by atoms with Crippen molar-refractivity contribution >= 4 is 42.1 Å². The summed E-state index contributed by atoms with van der Waals surface area (Å²) in [7, 11) is 0. The fraction of sp³-hybridized carbons (Fsp3) is 0.556. The van der Waals surface area contributed by atoms with Gasteiger partial charge in [0.2, 0.25) is 0 Å². The van der Waals surface area contributed by atoms with Gasteiger partial charge in [-0.15, -0.1) is 36.2 Å². The molecule has 0 aliphatic carbocycles. The highest BCUT2D eigenvalue weighted by molar-refractivity contribution is 7.07. The zero-order chi connectivity index (χ0) is 9.80. The minimum Gasteiger partial charge on any atom is -0.347 e. The number of carbonyl (C=O) groups excluding carboxylic acids is 1. The van der Waals surface area contributed by atoms with Gasteiger partial charge in [0, 0.05) is 18.0 Å². The van der Waals surface area contributed by atoms with Gasteiger partial charge in [0.05, 0.1) is 5.51 Å². The van der Waals surface area contributed by atoms with Gasteiger partial charge >= 0.3 is 0 Å². The van der Waals surface area contributed by atoms with Crippen LogP contribution in [0.2, 0.25) is 0 Å². The summed E-state index contributed by atoms with van der Waals surface area (Å²) in [6.45, 7) is 1.93. The molecule has 1 aliphatic rings. The van der Waals surface area contributed by atoms with Crippen molar-refractivity contribution in [3.8, 4) is 0 Å². The van der Waals surface area contributed by atoms with Crippen LogP contribution in [0.5, 0.6) is 0 Å². The second kappa shape index (κ2) is 7.84. The lowest BCUT2D eigenvalue weighted by Crippen LogP contribution is -2.45. The van der Waals surface area contributed by atoms with Crippen molar-refractivity contribution in [1.29, 1.82) is 0 Å². The van der Waals surface area contributed by atoms with E-state index in [0.717, 1.165) is 25.9 Å². The summed E-state index contributed by atoms with van der Waals surface area (Å²) >= 11 is 1.44. The van der Waals surface area contributed by atoms with E-state index in [1.807, 2.05) is 0 Å². The van der Waals surface area contributed by atoms with E-state index in [1.165, 1.54) is 11.3 Å². The van der Waals surface area contributed by atoms with Crippen LogP contribution in [0.25, 0.3) is 0 Å². The van der Waals surface area contributed by atoms with Gasteiger partial charge in [-0.3, -0.25) is 4.79 Å². The average molecular weight is 284 g/mol. The second-order valence-corrected chi connectivity index (χ2v) is 4.11. The summed E-state index contributed by atoms with van der Waals surface area (Å²) in [6, 6.07) is 0.262. The van der Waals surface area contributed by atoms with Crippen LogP contribution in [0.1, 0.15) is 23.3 Å². The normalized spacial score (nSPS) is 19.1. The zero-order valence-corrected chi connectivity index (χ0v) is 11.1. The van der Waals surface area contributed by atoms with Crippen LogP contribution < -0.4 is 10.6 Å². The molecule has 1 saturated heterocycles. The minimum atomic E-state index is -0.0556. The maximum atomic E-state index is 11.6. The van der Waals surface area contributed by atoms with Crippen molar-refractivity contribution in [3.05, 3.63) is 16.6 Å². The molecule has 2 rings (SSSR count). The van der Waals surface area contributed by atoms with Crippen LogP contribution in [0.15, 0.2) is 10.9 Å². The molecule has 1 aromatic heterocycles. The van der Waals surface area contributed by atoms with Crippen molar-refractivity contribution in [3.63, 3.8) is 0 Å². The number of nitrogens with one attached hydrogen (secondary N) is 2. The molecule has 0 radical (unpaired) electrons. The third-order valence-corrected chi connectivity index (χ3v) is 2.88. The molecule has 1 unspecified atom stereocenters. The highest BCUT2D eigenvalue weighted by atomic mass is 35.5. The van der Waals surface area contributed by atoms with Crippen LogP contribution in [-0.4, -0.2) is 30.0 Å². The van der Waals surface area contributed by atoms with E-state index >= 15 is 0 Å². The average Bonchev–Trinajstić information content (AvgIpc) is 2.72. The lowest BCUT2D eigenvalue weighted by molar-refractivity contribution is 0.0926. The van der Waals surface area contributed by atoms with Crippen molar-refractivity contribution in [2.45, 2.75) is 18.9 Å². The molecule has 7 heteroatoms. The van der Waals surface area contributed by atoms with Crippen LogP contribution in [0, 0.1) is 0 Å². The number of hydrogen-bond donors (Lipinski definition) is 2. The molecule has 0 aromatic carbocycles. The predicted octanol–water partition coefficient (Wildman–Crippen LogP) is 1.47. The molecule has 0 bridgehead atoms. The number of piperidine rings is 1. The van der Waals surface area contributed by atoms with Gasteiger partial charge in [-0.25, -0.2) is 4.98 Å². The number of aromatic nitrogens is 1. The predicted molar refractivity (Wildman–Crippen MR) is 70.0 cm³/mol. The maximum Gasteiger partial charge on any atom is 0.271 e. The molecule has 1 atom stereocenters. The molecule has 0 spiro atoms. The van der Waals surface area contributed by atoms with E-state index < -0.39 is 0 Å². The fourth-order valence-electron chi connectivity index (χ4n) is 1.56. The SMILES string of the molecule is Cl.Cl.O=C(NC1CCCNC1)c1cscn1. The number of hydrogen-bond acceptors (Lipinski definition) is 4. The van der Waals surface area contributed by atoms with Gasteiger partial charge in [0.1, 0.15) is 5.69 Å². The summed E-state index contributed by atoms with van der Waals surface area (Å²) in [6.07, 6.45) is 2.19. The van der Waals surface area contributed by atoms with Crippen molar-refractivity contribution < 1.29 is 4.79 Å². The van der Waals surface area contributed by atoms with Crippen LogP contribution in [-0.2, 0) is 0 Å². The monoisotopic (exact) mass is 283 g/mol. The number of halogens is 2. The maximum absolute atomic E-state index is 11.6. The first-order chi connectivity index (χ1) is 6.86. The second-order valence-electron chi connectivity index (χ2n) is 3.39. The van der Waals surface area contributed by atoms with Gasteiger partial charge in [0.25, 0.3) is 5.91 Å². The minimum absolute atomic E-state index is 0. The number of nitrogens with zero attached hydrogens (tertiary/aromatic N) is 1. The van der Waals surface area contributed by atoms with Gasteiger partial charge in [0.15, 0.2) is 0 Å². The largest absolute Gasteiger partial charge is 0.347 e. The van der Waals surface area contributed by atoms with E-state index in [4.69, 9.17) is 0 Å². The number of thiazole rings is 1. The van der Waals surface area contributed by atoms with E-state index in [-0.39, 0.29) is 36.8 Å². The molecule has 16 heavy (non-hydrogen) atoms. The smallest absolute Gasteiger partial charge is 0.271 e. The standard InChI is InChI=1S/C9H13N3OS.2ClH/c13-9(8-5-14-6-11-8)12-7-2-1-3-10-4-7;;/h5-7,10H,1-4H2,(H,12,13);2*1H. The lowest BCUT2D eigenvalue weighted by atomic mass is 10.1. The molecule has 0 saturated carbocycles. The molecule has 1 fully saturated rings. The quantitative estimate of drug-likeness (QED) is 0.864. The molecule has 1 aromatic rings. The Labute approximate surface area is 111 Å². The molecular weight excluding hydrogens is 269 g/mol. The number of rotatable bonds is 2. The molecule has 4 nitrogen and oxygen atoms in total. The first-order valence-electron chi connectivity index (χ1n) is 4.76. The van der Waals surface area contributed by atoms with Crippen molar-refractivity contribution in [1.82, 2.24) is 15.6 Å². The fourth-order valence-corrected chi connectivity index (χ4v) is 2.09. The molecule has 1 amide bonds. The van der Waals surface area contributed by atoms with Crippen LogP contribution >= 0.6 is 36.2 Å². The van der Waals surface area contributed by atoms with E-state index in [2.05, 4.69) is 15.6 Å². The summed E-state index contributed by atoms with van der Waals surface area (Å²) in [5.41, 5.74) is 2.20. The Bertz CT molecular complexity index is 302. The third-order valence-electron chi connectivity index (χ3n) is 2.30.